The number of hydrogen-bond acceptors (Lipinski definition) is 4. The van der Waals surface area contributed by atoms with E-state index in [-0.39, 0.29) is 0 Å². The van der Waals surface area contributed by atoms with Gasteiger partial charge in [-0.1, -0.05) is 12.8 Å². The van der Waals surface area contributed by atoms with Crippen molar-refractivity contribution in [3.05, 3.63) is 24.3 Å². The molecule has 0 spiro atoms. The van der Waals surface area contributed by atoms with Gasteiger partial charge in [-0.3, -0.25) is 0 Å². The first-order chi connectivity index (χ1) is 12.6. The van der Waals surface area contributed by atoms with Crippen LogP contribution in [-0.4, -0.2) is 57.0 Å². The van der Waals surface area contributed by atoms with E-state index in [1.54, 1.807) is 28.6 Å². The summed E-state index contributed by atoms with van der Waals surface area (Å²) in [6.45, 7) is 7.32. The van der Waals surface area contributed by atoms with Gasteiger partial charge in [0.15, 0.2) is 0 Å². The van der Waals surface area contributed by atoms with Crippen LogP contribution in [0, 0.1) is 5.92 Å². The predicted octanol–water partition coefficient (Wildman–Crippen LogP) is 3.36. The van der Waals surface area contributed by atoms with Crippen LogP contribution in [0.5, 0.6) is 5.75 Å². The highest BCUT2D eigenvalue weighted by atomic mass is 32.2. The number of sulfonamides is 1. The third-order valence-corrected chi connectivity index (χ3v) is 7.47. The van der Waals surface area contributed by atoms with Gasteiger partial charge in [0.2, 0.25) is 10.0 Å². The highest BCUT2D eigenvalue weighted by Gasteiger charge is 2.30. The Morgan fingerprint density at radius 1 is 0.962 bits per heavy atom. The zero-order chi connectivity index (χ0) is 18.4. The monoisotopic (exact) mass is 380 g/mol. The van der Waals surface area contributed by atoms with Gasteiger partial charge in [-0.25, -0.2) is 8.42 Å². The maximum absolute atomic E-state index is 12.9. The van der Waals surface area contributed by atoms with Crippen LogP contribution < -0.4 is 4.74 Å². The first-order valence-electron chi connectivity index (χ1n) is 10.0. The minimum absolute atomic E-state index is 0.368. The molecule has 0 amide bonds. The average Bonchev–Trinajstić information content (AvgIpc) is 2.92. The van der Waals surface area contributed by atoms with Crippen molar-refractivity contribution >= 4 is 10.0 Å². The van der Waals surface area contributed by atoms with Crippen LogP contribution in [-0.2, 0) is 10.0 Å². The molecule has 2 aliphatic heterocycles. The summed E-state index contributed by atoms with van der Waals surface area (Å²) in [7, 11) is -3.39. The molecule has 26 heavy (non-hydrogen) atoms. The number of hydrogen-bond donors (Lipinski definition) is 0. The molecule has 2 heterocycles. The Morgan fingerprint density at radius 2 is 1.58 bits per heavy atom. The van der Waals surface area contributed by atoms with Crippen LogP contribution in [0.3, 0.4) is 0 Å². The van der Waals surface area contributed by atoms with E-state index in [0.717, 1.165) is 19.4 Å². The molecule has 0 radical (unpaired) electrons. The second-order valence-corrected chi connectivity index (χ2v) is 9.40. The van der Waals surface area contributed by atoms with Crippen molar-refractivity contribution in [2.24, 2.45) is 5.92 Å². The molecular weight excluding hydrogens is 348 g/mol. The standard InChI is InChI=1S/C20H32N2O3S/c1-2-25-19-7-9-20(10-8-19)26(23,24)22-15-11-18(12-16-22)17-21-13-5-3-4-6-14-21/h7-10,18H,2-6,11-17H2,1H3. The van der Waals surface area contributed by atoms with Gasteiger partial charge in [0, 0.05) is 19.6 Å². The molecule has 2 saturated heterocycles. The molecule has 1 aromatic rings. The minimum Gasteiger partial charge on any atom is -0.494 e. The van der Waals surface area contributed by atoms with Crippen molar-refractivity contribution in [1.82, 2.24) is 9.21 Å². The minimum atomic E-state index is -3.39. The number of benzene rings is 1. The third kappa shape index (κ3) is 4.99. The first kappa shape index (κ1) is 19.6. The maximum Gasteiger partial charge on any atom is 0.243 e. The second-order valence-electron chi connectivity index (χ2n) is 7.47. The third-order valence-electron chi connectivity index (χ3n) is 5.56. The van der Waals surface area contributed by atoms with Crippen molar-refractivity contribution in [2.45, 2.75) is 50.3 Å². The zero-order valence-electron chi connectivity index (χ0n) is 15.9. The van der Waals surface area contributed by atoms with Gasteiger partial charge in [0.05, 0.1) is 11.5 Å². The van der Waals surface area contributed by atoms with Gasteiger partial charge in [0.25, 0.3) is 0 Å². The van der Waals surface area contributed by atoms with E-state index in [1.165, 1.54) is 38.8 Å². The average molecular weight is 381 g/mol. The highest BCUT2D eigenvalue weighted by Crippen LogP contribution is 2.26. The van der Waals surface area contributed by atoms with Crippen LogP contribution in [0.15, 0.2) is 29.2 Å². The molecule has 3 rings (SSSR count). The lowest BCUT2D eigenvalue weighted by atomic mass is 9.97. The van der Waals surface area contributed by atoms with Gasteiger partial charge in [-0.15, -0.1) is 0 Å². The molecule has 0 aromatic heterocycles. The molecule has 5 nitrogen and oxygen atoms in total. The molecule has 2 aliphatic rings. The molecular formula is C20H32N2O3S. The van der Waals surface area contributed by atoms with Crippen LogP contribution in [0.25, 0.3) is 0 Å². The molecule has 1 aromatic carbocycles. The first-order valence-corrected chi connectivity index (χ1v) is 11.5. The van der Waals surface area contributed by atoms with Crippen molar-refractivity contribution in [3.8, 4) is 5.75 Å². The van der Waals surface area contributed by atoms with Crippen molar-refractivity contribution in [3.63, 3.8) is 0 Å². The zero-order valence-corrected chi connectivity index (χ0v) is 16.7. The molecule has 0 atom stereocenters. The van der Waals surface area contributed by atoms with E-state index < -0.39 is 10.0 Å². The summed E-state index contributed by atoms with van der Waals surface area (Å²) in [5.41, 5.74) is 0. The number of nitrogens with zero attached hydrogens (tertiary/aromatic N) is 2. The van der Waals surface area contributed by atoms with Gasteiger partial charge in [-0.05, 0) is 75.9 Å². The number of likely N-dealkylation sites (tertiary alicyclic amines) is 1. The topological polar surface area (TPSA) is 49.9 Å². The van der Waals surface area contributed by atoms with E-state index >= 15 is 0 Å². The smallest absolute Gasteiger partial charge is 0.243 e. The molecule has 0 aliphatic carbocycles. The Hall–Kier alpha value is -1.11. The SMILES string of the molecule is CCOc1ccc(S(=O)(=O)N2CCC(CN3CCCCCC3)CC2)cc1. The molecule has 146 valence electrons. The molecule has 0 N–H and O–H groups in total. The summed E-state index contributed by atoms with van der Waals surface area (Å²) in [5.74, 6) is 1.34. The Bertz CT molecular complexity index is 644. The summed E-state index contributed by atoms with van der Waals surface area (Å²) in [6.07, 6.45) is 7.26. The van der Waals surface area contributed by atoms with Gasteiger partial charge in [-0.2, -0.15) is 4.31 Å². The number of ether oxygens (including phenoxy) is 1. The van der Waals surface area contributed by atoms with Gasteiger partial charge >= 0.3 is 0 Å². The summed E-state index contributed by atoms with van der Waals surface area (Å²) in [5, 5.41) is 0. The second kappa shape index (κ2) is 9.20. The molecule has 0 bridgehead atoms. The highest BCUT2D eigenvalue weighted by molar-refractivity contribution is 7.89. The van der Waals surface area contributed by atoms with Gasteiger partial charge in [0.1, 0.15) is 5.75 Å². The lowest BCUT2D eigenvalue weighted by Gasteiger charge is -2.34. The van der Waals surface area contributed by atoms with E-state index in [9.17, 15) is 8.42 Å². The van der Waals surface area contributed by atoms with E-state index in [0.29, 0.717) is 36.3 Å². The number of piperidine rings is 1. The maximum atomic E-state index is 12.9. The number of rotatable bonds is 6. The van der Waals surface area contributed by atoms with Crippen LogP contribution >= 0.6 is 0 Å². The fourth-order valence-corrected chi connectivity index (χ4v) is 5.51. The molecule has 0 saturated carbocycles. The van der Waals surface area contributed by atoms with E-state index in [1.807, 2.05) is 6.92 Å². The lowest BCUT2D eigenvalue weighted by Crippen LogP contribution is -2.41. The summed E-state index contributed by atoms with van der Waals surface area (Å²) >= 11 is 0. The summed E-state index contributed by atoms with van der Waals surface area (Å²) in [4.78, 5) is 2.96. The predicted molar refractivity (Wildman–Crippen MR) is 104 cm³/mol. The molecule has 2 fully saturated rings. The van der Waals surface area contributed by atoms with Crippen molar-refractivity contribution in [1.29, 1.82) is 0 Å². The van der Waals surface area contributed by atoms with Gasteiger partial charge < -0.3 is 9.64 Å². The lowest BCUT2D eigenvalue weighted by molar-refractivity contribution is 0.186. The van der Waals surface area contributed by atoms with Crippen LogP contribution in [0.2, 0.25) is 0 Å². The Balaban J connectivity index is 1.54. The van der Waals surface area contributed by atoms with E-state index in [4.69, 9.17) is 4.74 Å². The molecule has 0 unspecified atom stereocenters. The fourth-order valence-electron chi connectivity index (χ4n) is 4.04. The largest absolute Gasteiger partial charge is 0.494 e. The Labute approximate surface area is 158 Å². The van der Waals surface area contributed by atoms with Crippen molar-refractivity contribution < 1.29 is 13.2 Å². The fraction of sp³-hybridized carbons (Fsp3) is 0.700. The normalized spacial score (nSPS) is 21.4. The Kier molecular flexibility index (Phi) is 6.95. The van der Waals surface area contributed by atoms with E-state index in [2.05, 4.69) is 4.90 Å². The molecule has 6 heteroatoms. The van der Waals surface area contributed by atoms with Crippen LogP contribution in [0.4, 0.5) is 0 Å². The summed E-state index contributed by atoms with van der Waals surface area (Å²) in [6, 6.07) is 6.79. The van der Waals surface area contributed by atoms with Crippen molar-refractivity contribution in [2.75, 3.05) is 39.3 Å². The van der Waals surface area contributed by atoms with Crippen LogP contribution in [0.1, 0.15) is 45.4 Å². The summed E-state index contributed by atoms with van der Waals surface area (Å²) < 4.78 is 32.8. The quantitative estimate of drug-likeness (QED) is 0.759. The Morgan fingerprint density at radius 3 is 2.15 bits per heavy atom.